The van der Waals surface area contributed by atoms with Crippen LogP contribution in [0.15, 0.2) is 52.8 Å². The summed E-state index contributed by atoms with van der Waals surface area (Å²) in [5.74, 6) is -1.37. The van der Waals surface area contributed by atoms with Crippen molar-refractivity contribution >= 4 is 23.5 Å². The van der Waals surface area contributed by atoms with Gasteiger partial charge in [0, 0.05) is 17.9 Å². The van der Waals surface area contributed by atoms with Crippen LogP contribution in [0, 0.1) is 5.82 Å². The van der Waals surface area contributed by atoms with Crippen molar-refractivity contribution in [3.63, 3.8) is 0 Å². The fourth-order valence-corrected chi connectivity index (χ4v) is 3.47. The van der Waals surface area contributed by atoms with E-state index in [0.717, 1.165) is 22.6 Å². The number of halogens is 1. The molecule has 1 N–H and O–H groups in total. The highest BCUT2D eigenvalue weighted by molar-refractivity contribution is 6.28. The third-order valence-electron chi connectivity index (χ3n) is 4.97. The Morgan fingerprint density at radius 1 is 1.29 bits per heavy atom. The van der Waals surface area contributed by atoms with E-state index in [1.54, 1.807) is 23.1 Å². The number of fused-ring (bicyclic) bond motifs is 1. The molecule has 7 nitrogen and oxygen atoms in total. The maximum atomic E-state index is 13.6. The first-order valence-electron chi connectivity index (χ1n) is 8.92. The van der Waals surface area contributed by atoms with E-state index >= 15 is 0 Å². The van der Waals surface area contributed by atoms with Gasteiger partial charge in [-0.15, -0.1) is 0 Å². The Balaban J connectivity index is 1.69. The SMILES string of the molecule is C[C@H]1CCc2cc(F)ccc2N1/C=C1/C(=O)NC(=O)N(Cc2ccco2)C1=O. The molecule has 1 fully saturated rings. The molecule has 2 aliphatic heterocycles. The minimum Gasteiger partial charge on any atom is -0.467 e. The van der Waals surface area contributed by atoms with E-state index in [0.29, 0.717) is 12.2 Å². The van der Waals surface area contributed by atoms with Gasteiger partial charge in [0.15, 0.2) is 0 Å². The Labute approximate surface area is 160 Å². The van der Waals surface area contributed by atoms with Gasteiger partial charge in [0.2, 0.25) is 0 Å². The number of aryl methyl sites for hydroxylation is 1. The summed E-state index contributed by atoms with van der Waals surface area (Å²) < 4.78 is 18.8. The monoisotopic (exact) mass is 383 g/mol. The summed E-state index contributed by atoms with van der Waals surface area (Å²) in [6, 6.07) is 6.93. The zero-order valence-corrected chi connectivity index (χ0v) is 15.1. The lowest BCUT2D eigenvalue weighted by Crippen LogP contribution is -2.54. The van der Waals surface area contributed by atoms with Crippen molar-refractivity contribution in [2.75, 3.05) is 4.90 Å². The predicted octanol–water partition coefficient (Wildman–Crippen LogP) is 2.72. The highest BCUT2D eigenvalue weighted by Gasteiger charge is 2.37. The molecular weight excluding hydrogens is 365 g/mol. The van der Waals surface area contributed by atoms with E-state index in [-0.39, 0.29) is 24.0 Å². The number of barbiturate groups is 1. The van der Waals surface area contributed by atoms with Gasteiger partial charge in [-0.2, -0.15) is 0 Å². The molecule has 0 saturated carbocycles. The molecule has 1 atom stereocenters. The Kier molecular flexibility index (Phi) is 4.46. The van der Waals surface area contributed by atoms with Crippen LogP contribution in [0.1, 0.15) is 24.7 Å². The van der Waals surface area contributed by atoms with Crippen molar-refractivity contribution in [3.05, 3.63) is 65.5 Å². The Bertz CT molecular complexity index is 983. The van der Waals surface area contributed by atoms with Crippen LogP contribution in [0.4, 0.5) is 14.9 Å². The number of anilines is 1. The number of hydrogen-bond donors (Lipinski definition) is 1. The van der Waals surface area contributed by atoms with Crippen LogP contribution in [-0.4, -0.2) is 28.8 Å². The highest BCUT2D eigenvalue weighted by Crippen LogP contribution is 2.32. The van der Waals surface area contributed by atoms with E-state index in [1.165, 1.54) is 24.6 Å². The third-order valence-corrected chi connectivity index (χ3v) is 4.97. The van der Waals surface area contributed by atoms with Gasteiger partial charge >= 0.3 is 6.03 Å². The molecule has 2 aliphatic rings. The van der Waals surface area contributed by atoms with Crippen LogP contribution in [-0.2, 0) is 22.6 Å². The lowest BCUT2D eigenvalue weighted by Gasteiger charge is -2.35. The molecule has 1 aromatic carbocycles. The molecular formula is C20H18FN3O4. The Morgan fingerprint density at radius 3 is 2.86 bits per heavy atom. The number of amides is 4. The molecule has 8 heteroatoms. The fourth-order valence-electron chi connectivity index (χ4n) is 3.47. The number of nitrogens with one attached hydrogen (secondary N) is 1. The maximum absolute atomic E-state index is 13.6. The zero-order valence-electron chi connectivity index (χ0n) is 15.1. The summed E-state index contributed by atoms with van der Waals surface area (Å²) in [7, 11) is 0. The number of rotatable bonds is 3. The zero-order chi connectivity index (χ0) is 19.8. The number of imide groups is 2. The standard InChI is InChI=1S/C20H18FN3O4/c1-12-4-5-13-9-14(21)6-7-17(13)23(12)11-16-18(25)22-20(27)24(19(16)26)10-15-3-2-8-28-15/h2-3,6-9,11-12H,4-5,10H2,1H3,(H,22,25,27)/b16-11-/t12-/m0/s1. The summed E-state index contributed by atoms with van der Waals surface area (Å²) in [5, 5.41) is 2.19. The summed E-state index contributed by atoms with van der Waals surface area (Å²) in [4.78, 5) is 40.1. The van der Waals surface area contributed by atoms with Crippen molar-refractivity contribution in [2.24, 2.45) is 0 Å². The molecule has 0 radical (unpaired) electrons. The summed E-state index contributed by atoms with van der Waals surface area (Å²) in [5.41, 5.74) is 1.39. The maximum Gasteiger partial charge on any atom is 0.331 e. The van der Waals surface area contributed by atoms with E-state index in [9.17, 15) is 18.8 Å². The van der Waals surface area contributed by atoms with Gasteiger partial charge < -0.3 is 9.32 Å². The molecule has 144 valence electrons. The van der Waals surface area contributed by atoms with Crippen molar-refractivity contribution in [1.29, 1.82) is 0 Å². The Hall–Kier alpha value is -3.42. The van der Waals surface area contributed by atoms with Crippen LogP contribution in [0.25, 0.3) is 0 Å². The number of urea groups is 1. The predicted molar refractivity (Wildman–Crippen MR) is 97.5 cm³/mol. The molecule has 1 saturated heterocycles. The van der Waals surface area contributed by atoms with E-state index in [4.69, 9.17) is 4.42 Å². The van der Waals surface area contributed by atoms with Crippen molar-refractivity contribution in [1.82, 2.24) is 10.2 Å². The van der Waals surface area contributed by atoms with Crippen molar-refractivity contribution in [2.45, 2.75) is 32.4 Å². The van der Waals surface area contributed by atoms with Gasteiger partial charge in [0.05, 0.1) is 12.8 Å². The van der Waals surface area contributed by atoms with Gasteiger partial charge in [0.25, 0.3) is 11.8 Å². The van der Waals surface area contributed by atoms with Gasteiger partial charge in [-0.05, 0) is 55.7 Å². The molecule has 0 aliphatic carbocycles. The van der Waals surface area contributed by atoms with E-state index in [2.05, 4.69) is 5.32 Å². The Morgan fingerprint density at radius 2 is 2.11 bits per heavy atom. The second-order valence-corrected chi connectivity index (χ2v) is 6.84. The molecule has 1 aromatic heterocycles. The topological polar surface area (TPSA) is 82.9 Å². The first kappa shape index (κ1) is 18.0. The smallest absolute Gasteiger partial charge is 0.331 e. The molecule has 4 rings (SSSR count). The number of hydrogen-bond acceptors (Lipinski definition) is 5. The lowest BCUT2D eigenvalue weighted by atomic mass is 9.96. The van der Waals surface area contributed by atoms with Crippen LogP contribution in [0.2, 0.25) is 0 Å². The number of furan rings is 1. The summed E-state index contributed by atoms with van der Waals surface area (Å²) in [6.07, 6.45) is 4.33. The molecule has 0 unspecified atom stereocenters. The minimum absolute atomic E-state index is 0.00205. The quantitative estimate of drug-likeness (QED) is 0.651. The molecule has 0 spiro atoms. The van der Waals surface area contributed by atoms with E-state index in [1.807, 2.05) is 6.92 Å². The molecule has 2 aromatic rings. The van der Waals surface area contributed by atoms with Gasteiger partial charge in [-0.3, -0.25) is 19.8 Å². The number of benzene rings is 1. The van der Waals surface area contributed by atoms with Gasteiger partial charge in [-0.1, -0.05) is 0 Å². The van der Waals surface area contributed by atoms with Crippen LogP contribution >= 0.6 is 0 Å². The normalized spacial score (nSPS) is 21.1. The van der Waals surface area contributed by atoms with Crippen LogP contribution < -0.4 is 10.2 Å². The highest BCUT2D eigenvalue weighted by atomic mass is 19.1. The summed E-state index contributed by atoms with van der Waals surface area (Å²) in [6.45, 7) is 1.87. The summed E-state index contributed by atoms with van der Waals surface area (Å²) >= 11 is 0. The largest absolute Gasteiger partial charge is 0.467 e. The number of nitrogens with zero attached hydrogens (tertiary/aromatic N) is 2. The van der Waals surface area contributed by atoms with Crippen LogP contribution in [0.5, 0.6) is 0 Å². The first-order chi connectivity index (χ1) is 13.4. The third kappa shape index (κ3) is 3.17. The molecule has 3 heterocycles. The second kappa shape index (κ2) is 6.95. The molecule has 0 bridgehead atoms. The van der Waals surface area contributed by atoms with Crippen molar-refractivity contribution < 1.29 is 23.2 Å². The average molecular weight is 383 g/mol. The van der Waals surface area contributed by atoms with Gasteiger partial charge in [-0.25, -0.2) is 9.18 Å². The second-order valence-electron chi connectivity index (χ2n) is 6.84. The van der Waals surface area contributed by atoms with Crippen molar-refractivity contribution in [3.8, 4) is 0 Å². The average Bonchev–Trinajstić information content (AvgIpc) is 3.17. The van der Waals surface area contributed by atoms with Gasteiger partial charge in [0.1, 0.15) is 17.2 Å². The fraction of sp³-hybridized carbons (Fsp3) is 0.250. The van der Waals surface area contributed by atoms with Crippen LogP contribution in [0.3, 0.4) is 0 Å². The molecule has 4 amide bonds. The number of carbonyl (C=O) groups excluding carboxylic acids is 3. The van der Waals surface area contributed by atoms with E-state index < -0.39 is 17.8 Å². The lowest BCUT2D eigenvalue weighted by molar-refractivity contribution is -0.130. The first-order valence-corrected chi connectivity index (χ1v) is 8.92. The number of carbonyl (C=O) groups is 3. The molecule has 28 heavy (non-hydrogen) atoms. The minimum atomic E-state index is -0.794.